The van der Waals surface area contributed by atoms with Crippen LogP contribution in [0, 0.1) is 6.92 Å². The maximum atomic E-state index is 5.53. The van der Waals surface area contributed by atoms with Crippen LogP contribution in [-0.2, 0) is 6.54 Å². The van der Waals surface area contributed by atoms with Gasteiger partial charge in [-0.05, 0) is 37.6 Å². The van der Waals surface area contributed by atoms with Gasteiger partial charge in [-0.3, -0.25) is 0 Å². The van der Waals surface area contributed by atoms with E-state index in [0.29, 0.717) is 0 Å². The molecule has 0 saturated heterocycles. The van der Waals surface area contributed by atoms with Crippen molar-refractivity contribution in [1.29, 1.82) is 0 Å². The van der Waals surface area contributed by atoms with Gasteiger partial charge in [-0.2, -0.15) is 0 Å². The fraction of sp³-hybridized carbons (Fsp3) is 0.286. The van der Waals surface area contributed by atoms with Crippen LogP contribution in [0.5, 0.6) is 0 Å². The summed E-state index contributed by atoms with van der Waals surface area (Å²) in [5.74, 6) is 1.93. The number of furan rings is 1. The quantitative estimate of drug-likeness (QED) is 0.914. The van der Waals surface area contributed by atoms with Gasteiger partial charge in [-0.25, -0.2) is 0 Å². The molecule has 17 heavy (non-hydrogen) atoms. The number of aryl methyl sites for hydroxylation is 1. The molecule has 1 aromatic carbocycles. The predicted molar refractivity (Wildman–Crippen MR) is 72.8 cm³/mol. The van der Waals surface area contributed by atoms with Crippen LogP contribution in [0.1, 0.15) is 30.0 Å². The summed E-state index contributed by atoms with van der Waals surface area (Å²) >= 11 is 3.56. The first kappa shape index (κ1) is 12.4. The molecule has 0 spiro atoms. The van der Waals surface area contributed by atoms with Crippen molar-refractivity contribution in [2.45, 2.75) is 26.4 Å². The van der Waals surface area contributed by atoms with E-state index in [9.17, 15) is 0 Å². The summed E-state index contributed by atoms with van der Waals surface area (Å²) in [6.45, 7) is 4.85. The molecule has 0 amide bonds. The highest BCUT2D eigenvalue weighted by atomic mass is 79.9. The third kappa shape index (κ3) is 3.20. The van der Waals surface area contributed by atoms with E-state index in [-0.39, 0.29) is 6.04 Å². The van der Waals surface area contributed by atoms with Crippen molar-refractivity contribution in [2.75, 3.05) is 0 Å². The summed E-state index contributed by atoms with van der Waals surface area (Å²) in [7, 11) is 0. The zero-order valence-corrected chi connectivity index (χ0v) is 11.6. The molecule has 3 heteroatoms. The second-order valence-corrected chi connectivity index (χ2v) is 4.99. The van der Waals surface area contributed by atoms with E-state index in [1.54, 1.807) is 0 Å². The molecule has 0 fully saturated rings. The number of halogens is 1. The highest BCUT2D eigenvalue weighted by Gasteiger charge is 2.08. The standard InChI is InChI=1S/C14H16BrNO/c1-10-7-8-12(17-10)9-16-11(2)13-5-3-4-6-14(13)15/h3-8,11,16H,9H2,1-2H3. The Morgan fingerprint density at radius 2 is 2.00 bits per heavy atom. The fourth-order valence-electron chi connectivity index (χ4n) is 1.77. The molecule has 0 bridgehead atoms. The molecule has 1 heterocycles. The molecular formula is C14H16BrNO. The number of rotatable bonds is 4. The van der Waals surface area contributed by atoms with Crippen molar-refractivity contribution in [3.8, 4) is 0 Å². The second kappa shape index (κ2) is 5.52. The minimum absolute atomic E-state index is 0.288. The molecule has 1 atom stereocenters. The summed E-state index contributed by atoms with van der Waals surface area (Å²) < 4.78 is 6.66. The highest BCUT2D eigenvalue weighted by molar-refractivity contribution is 9.10. The molecule has 1 aromatic heterocycles. The lowest BCUT2D eigenvalue weighted by Crippen LogP contribution is -2.18. The molecule has 0 saturated carbocycles. The third-order valence-electron chi connectivity index (χ3n) is 2.75. The summed E-state index contributed by atoms with van der Waals surface area (Å²) in [6, 6.07) is 12.5. The predicted octanol–water partition coefficient (Wildman–Crippen LogP) is 4.20. The Hall–Kier alpha value is -1.06. The normalized spacial score (nSPS) is 12.6. The van der Waals surface area contributed by atoms with E-state index in [2.05, 4.69) is 46.4 Å². The summed E-state index contributed by atoms with van der Waals surface area (Å²) in [6.07, 6.45) is 0. The van der Waals surface area contributed by atoms with Crippen molar-refractivity contribution < 1.29 is 4.42 Å². The van der Waals surface area contributed by atoms with Gasteiger partial charge in [0.2, 0.25) is 0 Å². The molecule has 1 unspecified atom stereocenters. The Labute approximate surface area is 110 Å². The van der Waals surface area contributed by atoms with Gasteiger partial charge < -0.3 is 9.73 Å². The van der Waals surface area contributed by atoms with Crippen molar-refractivity contribution >= 4 is 15.9 Å². The van der Waals surface area contributed by atoms with E-state index in [1.165, 1.54) is 5.56 Å². The zero-order chi connectivity index (χ0) is 12.3. The maximum absolute atomic E-state index is 5.53. The fourth-order valence-corrected chi connectivity index (χ4v) is 2.40. The Bertz CT molecular complexity index is 492. The molecule has 0 aliphatic heterocycles. The molecule has 90 valence electrons. The Kier molecular flexibility index (Phi) is 4.02. The minimum atomic E-state index is 0.288. The molecular weight excluding hydrogens is 278 g/mol. The topological polar surface area (TPSA) is 25.2 Å². The first-order valence-corrected chi connectivity index (χ1v) is 6.49. The average Bonchev–Trinajstić information content (AvgIpc) is 2.73. The lowest BCUT2D eigenvalue weighted by atomic mass is 10.1. The number of nitrogens with one attached hydrogen (secondary N) is 1. The van der Waals surface area contributed by atoms with Crippen LogP contribution >= 0.6 is 15.9 Å². The van der Waals surface area contributed by atoms with Gasteiger partial charge >= 0.3 is 0 Å². The van der Waals surface area contributed by atoms with Crippen LogP contribution in [-0.4, -0.2) is 0 Å². The van der Waals surface area contributed by atoms with Crippen LogP contribution in [0.2, 0.25) is 0 Å². The maximum Gasteiger partial charge on any atom is 0.117 e. The minimum Gasteiger partial charge on any atom is -0.465 e. The van der Waals surface area contributed by atoms with E-state index < -0.39 is 0 Å². The largest absolute Gasteiger partial charge is 0.465 e. The second-order valence-electron chi connectivity index (χ2n) is 4.14. The smallest absolute Gasteiger partial charge is 0.117 e. The Balaban J connectivity index is 1.98. The molecule has 1 N–H and O–H groups in total. The number of hydrogen-bond acceptors (Lipinski definition) is 2. The van der Waals surface area contributed by atoms with E-state index >= 15 is 0 Å². The summed E-state index contributed by atoms with van der Waals surface area (Å²) in [4.78, 5) is 0. The van der Waals surface area contributed by atoms with E-state index in [4.69, 9.17) is 4.42 Å². The molecule has 0 aliphatic rings. The van der Waals surface area contributed by atoms with Crippen LogP contribution in [0.4, 0.5) is 0 Å². The van der Waals surface area contributed by atoms with Crippen molar-refractivity contribution in [3.05, 3.63) is 58.0 Å². The van der Waals surface area contributed by atoms with Crippen molar-refractivity contribution in [2.24, 2.45) is 0 Å². The molecule has 0 radical (unpaired) electrons. The Morgan fingerprint density at radius 1 is 1.24 bits per heavy atom. The lowest BCUT2D eigenvalue weighted by Gasteiger charge is -2.14. The van der Waals surface area contributed by atoms with Gasteiger partial charge in [0.1, 0.15) is 11.5 Å². The van der Waals surface area contributed by atoms with Crippen molar-refractivity contribution in [3.63, 3.8) is 0 Å². The first-order chi connectivity index (χ1) is 8.16. The molecule has 0 aliphatic carbocycles. The summed E-state index contributed by atoms with van der Waals surface area (Å²) in [5, 5.41) is 3.45. The van der Waals surface area contributed by atoms with E-state index in [0.717, 1.165) is 22.5 Å². The zero-order valence-electron chi connectivity index (χ0n) is 10.0. The van der Waals surface area contributed by atoms with Crippen LogP contribution in [0.3, 0.4) is 0 Å². The van der Waals surface area contributed by atoms with Crippen molar-refractivity contribution in [1.82, 2.24) is 5.32 Å². The monoisotopic (exact) mass is 293 g/mol. The first-order valence-electron chi connectivity index (χ1n) is 5.70. The summed E-state index contributed by atoms with van der Waals surface area (Å²) in [5.41, 5.74) is 1.26. The lowest BCUT2D eigenvalue weighted by molar-refractivity contribution is 0.444. The van der Waals surface area contributed by atoms with Gasteiger partial charge in [-0.1, -0.05) is 34.1 Å². The van der Waals surface area contributed by atoms with Gasteiger partial charge in [0, 0.05) is 10.5 Å². The van der Waals surface area contributed by atoms with Gasteiger partial charge in [0.25, 0.3) is 0 Å². The van der Waals surface area contributed by atoms with E-state index in [1.807, 2.05) is 25.1 Å². The Morgan fingerprint density at radius 3 is 2.65 bits per heavy atom. The van der Waals surface area contributed by atoms with Gasteiger partial charge in [0.15, 0.2) is 0 Å². The van der Waals surface area contributed by atoms with Crippen LogP contribution in [0.15, 0.2) is 45.3 Å². The number of benzene rings is 1. The number of hydrogen-bond donors (Lipinski definition) is 1. The van der Waals surface area contributed by atoms with Crippen LogP contribution < -0.4 is 5.32 Å². The van der Waals surface area contributed by atoms with Gasteiger partial charge in [-0.15, -0.1) is 0 Å². The highest BCUT2D eigenvalue weighted by Crippen LogP contribution is 2.23. The SMILES string of the molecule is Cc1ccc(CNC(C)c2ccccc2Br)o1. The van der Waals surface area contributed by atoms with Gasteiger partial charge in [0.05, 0.1) is 6.54 Å². The molecule has 2 rings (SSSR count). The van der Waals surface area contributed by atoms with Crippen LogP contribution in [0.25, 0.3) is 0 Å². The third-order valence-corrected chi connectivity index (χ3v) is 3.47. The molecule has 2 aromatic rings. The molecule has 2 nitrogen and oxygen atoms in total. The average molecular weight is 294 g/mol.